The summed E-state index contributed by atoms with van der Waals surface area (Å²) in [6, 6.07) is 0. The van der Waals surface area contributed by atoms with E-state index in [1.54, 1.807) is 0 Å². The van der Waals surface area contributed by atoms with E-state index in [0.717, 1.165) is 32.4 Å². The number of nitrogens with one attached hydrogen (secondary N) is 1. The Balaban J connectivity index is 2.29. The van der Waals surface area contributed by atoms with E-state index in [0.29, 0.717) is 0 Å². The third-order valence-corrected chi connectivity index (χ3v) is 4.75. The molecule has 2 rings (SSSR count). The van der Waals surface area contributed by atoms with Gasteiger partial charge in [-0.2, -0.15) is 0 Å². The molecule has 0 radical (unpaired) electrons. The zero-order valence-corrected chi connectivity index (χ0v) is 9.10. The number of primary amides is 1. The third kappa shape index (κ3) is 0.888. The molecule has 1 aliphatic heterocycles. The highest BCUT2D eigenvalue weighted by atomic mass is 16.1. The number of hydrogen-bond acceptors (Lipinski definition) is 2. The van der Waals surface area contributed by atoms with Crippen LogP contribution in [0.25, 0.3) is 0 Å². The molecule has 14 heavy (non-hydrogen) atoms. The molecule has 2 unspecified atom stereocenters. The molecule has 3 nitrogen and oxygen atoms in total. The van der Waals surface area contributed by atoms with Crippen molar-refractivity contribution in [2.24, 2.45) is 22.5 Å². The summed E-state index contributed by atoms with van der Waals surface area (Å²) in [5.41, 5.74) is 5.93. The number of carbonyl (C=O) groups excluding carboxylic acids is 1. The van der Waals surface area contributed by atoms with Crippen LogP contribution in [0.3, 0.4) is 0 Å². The van der Waals surface area contributed by atoms with E-state index in [1.165, 1.54) is 0 Å². The van der Waals surface area contributed by atoms with Gasteiger partial charge in [0.1, 0.15) is 0 Å². The summed E-state index contributed by atoms with van der Waals surface area (Å²) in [5.74, 6) is 0.0393. The molecule has 0 aromatic carbocycles. The van der Waals surface area contributed by atoms with Gasteiger partial charge in [-0.05, 0) is 31.2 Å². The maximum absolute atomic E-state index is 11.5. The Hall–Kier alpha value is -0.570. The first-order chi connectivity index (χ1) is 6.64. The molecule has 3 heteroatoms. The molecule has 0 aromatic rings. The molecular formula is C11H20N2O. The van der Waals surface area contributed by atoms with Crippen molar-refractivity contribution in [2.75, 3.05) is 13.1 Å². The van der Waals surface area contributed by atoms with Crippen molar-refractivity contribution >= 4 is 5.91 Å². The van der Waals surface area contributed by atoms with Gasteiger partial charge in [0.2, 0.25) is 5.91 Å². The fraction of sp³-hybridized carbons (Fsp3) is 0.909. The largest absolute Gasteiger partial charge is 0.369 e. The molecule has 80 valence electrons. The maximum Gasteiger partial charge on any atom is 0.221 e. The van der Waals surface area contributed by atoms with E-state index in [-0.39, 0.29) is 22.7 Å². The van der Waals surface area contributed by atoms with Gasteiger partial charge < -0.3 is 11.1 Å². The van der Waals surface area contributed by atoms with Gasteiger partial charge in [-0.15, -0.1) is 0 Å². The van der Waals surface area contributed by atoms with Crippen LogP contribution in [0.4, 0.5) is 0 Å². The van der Waals surface area contributed by atoms with Crippen LogP contribution < -0.4 is 11.1 Å². The number of amides is 1. The molecule has 1 amide bonds. The van der Waals surface area contributed by atoms with Gasteiger partial charge in [-0.1, -0.05) is 13.8 Å². The van der Waals surface area contributed by atoms with E-state index in [9.17, 15) is 4.79 Å². The summed E-state index contributed by atoms with van der Waals surface area (Å²) in [6.07, 6.45) is 3.29. The average Bonchev–Trinajstić information content (AvgIpc) is 2.46. The first kappa shape index (κ1) is 9.97. The van der Waals surface area contributed by atoms with Crippen LogP contribution in [0.15, 0.2) is 0 Å². The van der Waals surface area contributed by atoms with Gasteiger partial charge in [0.05, 0.1) is 5.92 Å². The van der Waals surface area contributed by atoms with Crippen LogP contribution in [0.2, 0.25) is 0 Å². The second kappa shape index (κ2) is 2.96. The molecule has 2 aliphatic rings. The first-order valence-corrected chi connectivity index (χ1v) is 5.64. The normalized spacial score (nSPS) is 38.9. The summed E-state index contributed by atoms with van der Waals surface area (Å²) in [5, 5.41) is 3.38. The van der Waals surface area contributed by atoms with E-state index in [2.05, 4.69) is 19.2 Å². The monoisotopic (exact) mass is 196 g/mol. The number of carbonyl (C=O) groups is 1. The Labute approximate surface area is 85.4 Å². The molecule has 1 saturated carbocycles. The molecule has 1 aliphatic carbocycles. The second-order valence-electron chi connectivity index (χ2n) is 4.78. The summed E-state index contributed by atoms with van der Waals surface area (Å²) in [6.45, 7) is 6.41. The van der Waals surface area contributed by atoms with E-state index in [4.69, 9.17) is 5.73 Å². The Morgan fingerprint density at radius 1 is 1.50 bits per heavy atom. The van der Waals surface area contributed by atoms with Crippen molar-refractivity contribution in [3.8, 4) is 0 Å². The van der Waals surface area contributed by atoms with Crippen LogP contribution in [-0.2, 0) is 4.79 Å². The number of hydrogen-bond donors (Lipinski definition) is 2. The van der Waals surface area contributed by atoms with Crippen LogP contribution in [0.1, 0.15) is 33.1 Å². The van der Waals surface area contributed by atoms with Gasteiger partial charge in [-0.3, -0.25) is 4.79 Å². The molecule has 0 bridgehead atoms. The highest BCUT2D eigenvalue weighted by molar-refractivity contribution is 5.83. The average molecular weight is 196 g/mol. The zero-order chi connectivity index (χ0) is 10.4. The lowest BCUT2D eigenvalue weighted by molar-refractivity contribution is -0.120. The standard InChI is InChI=1S/C11H20N2O/c1-3-10(4-2)8(9(12)14)11(10)5-6-13-7-11/h8,13H,3-7H2,1-2H3,(H2,12,14). The van der Waals surface area contributed by atoms with Crippen molar-refractivity contribution in [3.05, 3.63) is 0 Å². The maximum atomic E-state index is 11.5. The SMILES string of the molecule is CCC1(CC)C(C(N)=O)C12CCNC2. The predicted octanol–water partition coefficient (Wildman–Crippen LogP) is 0.888. The minimum Gasteiger partial charge on any atom is -0.369 e. The zero-order valence-electron chi connectivity index (χ0n) is 9.10. The molecule has 3 N–H and O–H groups in total. The summed E-state index contributed by atoms with van der Waals surface area (Å²) in [7, 11) is 0. The first-order valence-electron chi connectivity index (χ1n) is 5.64. The highest BCUT2D eigenvalue weighted by Gasteiger charge is 2.76. The lowest BCUT2D eigenvalue weighted by atomic mass is 9.87. The molecule has 0 aromatic heterocycles. The van der Waals surface area contributed by atoms with Gasteiger partial charge in [-0.25, -0.2) is 0 Å². The van der Waals surface area contributed by atoms with Crippen molar-refractivity contribution < 1.29 is 4.79 Å². The highest BCUT2D eigenvalue weighted by Crippen LogP contribution is 2.74. The third-order valence-electron chi connectivity index (χ3n) is 4.75. The van der Waals surface area contributed by atoms with E-state index in [1.807, 2.05) is 0 Å². The second-order valence-corrected chi connectivity index (χ2v) is 4.78. The fourth-order valence-corrected chi connectivity index (χ4v) is 4.03. The quantitative estimate of drug-likeness (QED) is 0.704. The van der Waals surface area contributed by atoms with Crippen LogP contribution in [0.5, 0.6) is 0 Å². The smallest absolute Gasteiger partial charge is 0.221 e. The van der Waals surface area contributed by atoms with Gasteiger partial charge in [0, 0.05) is 12.0 Å². The molecule has 1 saturated heterocycles. The number of nitrogens with two attached hydrogens (primary N) is 1. The lowest BCUT2D eigenvalue weighted by Gasteiger charge is -2.17. The Kier molecular flexibility index (Phi) is 2.11. The lowest BCUT2D eigenvalue weighted by Crippen LogP contribution is -2.20. The van der Waals surface area contributed by atoms with Gasteiger partial charge in [0.15, 0.2) is 0 Å². The molecular weight excluding hydrogens is 176 g/mol. The van der Waals surface area contributed by atoms with Gasteiger partial charge in [0.25, 0.3) is 0 Å². The number of rotatable bonds is 3. The minimum absolute atomic E-state index is 0.0857. The van der Waals surface area contributed by atoms with Crippen molar-refractivity contribution in [2.45, 2.75) is 33.1 Å². The summed E-state index contributed by atoms with van der Waals surface area (Å²) in [4.78, 5) is 11.5. The minimum atomic E-state index is -0.0857. The molecule has 1 spiro atoms. The summed E-state index contributed by atoms with van der Waals surface area (Å²) < 4.78 is 0. The van der Waals surface area contributed by atoms with Crippen LogP contribution >= 0.6 is 0 Å². The van der Waals surface area contributed by atoms with Crippen LogP contribution in [-0.4, -0.2) is 19.0 Å². The van der Waals surface area contributed by atoms with Crippen molar-refractivity contribution in [3.63, 3.8) is 0 Å². The van der Waals surface area contributed by atoms with Crippen molar-refractivity contribution in [1.82, 2.24) is 5.32 Å². The van der Waals surface area contributed by atoms with Crippen LogP contribution in [0, 0.1) is 16.7 Å². The van der Waals surface area contributed by atoms with Crippen molar-refractivity contribution in [1.29, 1.82) is 0 Å². The van der Waals surface area contributed by atoms with E-state index >= 15 is 0 Å². The topological polar surface area (TPSA) is 55.1 Å². The summed E-state index contributed by atoms with van der Waals surface area (Å²) >= 11 is 0. The Bertz CT molecular complexity index is 248. The Morgan fingerprint density at radius 2 is 2.14 bits per heavy atom. The van der Waals surface area contributed by atoms with Gasteiger partial charge >= 0.3 is 0 Å². The van der Waals surface area contributed by atoms with E-state index < -0.39 is 0 Å². The molecule has 1 heterocycles. The molecule has 2 fully saturated rings. The molecule has 2 atom stereocenters. The fourth-order valence-electron chi connectivity index (χ4n) is 4.03. The predicted molar refractivity (Wildman–Crippen MR) is 55.6 cm³/mol. The Morgan fingerprint density at radius 3 is 2.43 bits per heavy atom.